The van der Waals surface area contributed by atoms with Gasteiger partial charge in [-0.05, 0) is 68.5 Å². The summed E-state index contributed by atoms with van der Waals surface area (Å²) in [6.07, 6.45) is 10.6. The van der Waals surface area contributed by atoms with Gasteiger partial charge in [0, 0.05) is 108 Å². The first-order chi connectivity index (χ1) is 29.6. The minimum Gasteiger partial charge on any atom is -0.368 e. The van der Waals surface area contributed by atoms with Gasteiger partial charge in [0.25, 0.3) is 17.7 Å². The summed E-state index contributed by atoms with van der Waals surface area (Å²) < 4.78 is 2.12. The number of nitrogens with zero attached hydrogens (tertiary/aromatic N) is 10. The fourth-order valence-corrected chi connectivity index (χ4v) is 10.3. The smallest absolute Gasteiger partial charge is 0.270 e. The second kappa shape index (κ2) is 15.8. The number of rotatable bonds is 9. The lowest BCUT2D eigenvalue weighted by Gasteiger charge is -2.50. The molecule has 1 unspecified atom stereocenters. The standard InChI is InChI=1S/C44H52N12O5/c1-50(2)43(61)36-21-27-23-46-44(49-39(27)55(36)29-5-3-4-6-29)47-37-11-8-31(24-45-37)53-19-17-52(18-20-53)28-13-15-51(16-14-28)32-25-54(26-32)30-7-9-33-34(22-30)42(60)56(41(33)59)35-10-12-38(57)48-40(35)58/h7-9,11,21-24,28-29,32,35H,3-6,10,12-20,25-26H2,1-2H3,(H,48,57,58)(H,45,46,47,49). The van der Waals surface area contributed by atoms with E-state index >= 15 is 0 Å². The molecule has 1 aromatic carbocycles. The van der Waals surface area contributed by atoms with Crippen molar-refractivity contribution in [1.82, 2.24) is 44.4 Å². The summed E-state index contributed by atoms with van der Waals surface area (Å²) in [6.45, 7) is 7.73. The van der Waals surface area contributed by atoms with Gasteiger partial charge in [0.05, 0.1) is 23.0 Å². The Morgan fingerprint density at radius 3 is 2.16 bits per heavy atom. The fraction of sp³-hybridized carbons (Fsp3) is 0.500. The van der Waals surface area contributed by atoms with Crippen LogP contribution in [0.15, 0.2) is 48.8 Å². The van der Waals surface area contributed by atoms with Crippen LogP contribution in [0.4, 0.5) is 23.1 Å². The molecule has 6 aliphatic rings. The van der Waals surface area contributed by atoms with Crippen LogP contribution < -0.4 is 20.4 Å². The Hall–Kier alpha value is -5.94. The minimum atomic E-state index is -0.963. The molecular formula is C44H52N12O5. The molecule has 2 N–H and O–H groups in total. The van der Waals surface area contributed by atoms with Crippen molar-refractivity contribution < 1.29 is 24.0 Å². The number of hydrogen-bond donors (Lipinski definition) is 2. The quantitative estimate of drug-likeness (QED) is 0.236. The summed E-state index contributed by atoms with van der Waals surface area (Å²) in [5.74, 6) is -0.831. The first-order valence-corrected chi connectivity index (χ1v) is 21.8. The third-order valence-corrected chi connectivity index (χ3v) is 13.7. The van der Waals surface area contributed by atoms with Gasteiger partial charge < -0.3 is 24.6 Å². The lowest BCUT2D eigenvalue weighted by atomic mass is 9.97. The molecule has 1 saturated carbocycles. The van der Waals surface area contributed by atoms with Gasteiger partial charge in [-0.3, -0.25) is 44.0 Å². The maximum absolute atomic E-state index is 13.3. The molecule has 4 saturated heterocycles. The first kappa shape index (κ1) is 39.2. The molecule has 0 bridgehead atoms. The van der Waals surface area contributed by atoms with Crippen molar-refractivity contribution in [2.45, 2.75) is 75.5 Å². The number of piperazine rings is 1. The van der Waals surface area contributed by atoms with Crippen LogP contribution in [0.2, 0.25) is 0 Å². The number of fused-ring (bicyclic) bond motifs is 2. The van der Waals surface area contributed by atoms with Crippen LogP contribution in [-0.4, -0.2) is 153 Å². The van der Waals surface area contributed by atoms with E-state index in [0.717, 1.165) is 118 Å². The van der Waals surface area contributed by atoms with E-state index in [9.17, 15) is 24.0 Å². The lowest BCUT2D eigenvalue weighted by molar-refractivity contribution is -0.136. The van der Waals surface area contributed by atoms with Crippen molar-refractivity contribution in [1.29, 1.82) is 0 Å². The molecule has 5 amide bonds. The topological polar surface area (TPSA) is 172 Å². The normalized spacial score (nSPS) is 22.3. The van der Waals surface area contributed by atoms with E-state index in [4.69, 9.17) is 9.97 Å². The van der Waals surface area contributed by atoms with Crippen LogP contribution in [0.5, 0.6) is 0 Å². The molecular weight excluding hydrogens is 777 g/mol. The highest BCUT2D eigenvalue weighted by Crippen LogP contribution is 2.36. The average molecular weight is 829 g/mol. The Labute approximate surface area is 354 Å². The van der Waals surface area contributed by atoms with Crippen LogP contribution in [-0.2, 0) is 9.59 Å². The van der Waals surface area contributed by atoms with E-state index in [1.807, 2.05) is 24.4 Å². The van der Waals surface area contributed by atoms with Gasteiger partial charge in [-0.15, -0.1) is 0 Å². The van der Waals surface area contributed by atoms with E-state index in [1.165, 1.54) is 0 Å². The summed E-state index contributed by atoms with van der Waals surface area (Å²) in [7, 11) is 3.56. The number of imide groups is 2. The molecule has 17 nitrogen and oxygen atoms in total. The number of carbonyl (C=O) groups is 5. The zero-order chi connectivity index (χ0) is 41.9. The Balaban J connectivity index is 0.691. The zero-order valence-electron chi connectivity index (χ0n) is 34.8. The second-order valence-corrected chi connectivity index (χ2v) is 17.6. The number of benzene rings is 1. The number of anilines is 4. The van der Waals surface area contributed by atoms with Gasteiger partial charge in [0.1, 0.15) is 23.2 Å². The lowest BCUT2D eigenvalue weighted by Crippen LogP contribution is -2.62. The highest BCUT2D eigenvalue weighted by Gasteiger charge is 2.45. The Kier molecular flexibility index (Phi) is 10.2. The number of amides is 5. The third kappa shape index (κ3) is 7.26. The summed E-state index contributed by atoms with van der Waals surface area (Å²) >= 11 is 0. The van der Waals surface area contributed by atoms with Gasteiger partial charge >= 0.3 is 0 Å². The molecule has 1 atom stereocenters. The van der Waals surface area contributed by atoms with Crippen molar-refractivity contribution in [3.63, 3.8) is 0 Å². The Bertz CT molecular complexity index is 2390. The van der Waals surface area contributed by atoms with E-state index in [1.54, 1.807) is 37.3 Å². The molecule has 5 aliphatic heterocycles. The molecule has 318 valence electrons. The summed E-state index contributed by atoms with van der Waals surface area (Å²) in [4.78, 5) is 90.3. The van der Waals surface area contributed by atoms with Crippen molar-refractivity contribution in [2.24, 2.45) is 0 Å². The van der Waals surface area contributed by atoms with Gasteiger partial charge in [-0.25, -0.2) is 9.97 Å². The highest BCUT2D eigenvalue weighted by atomic mass is 16.2. The van der Waals surface area contributed by atoms with Crippen LogP contribution >= 0.6 is 0 Å². The number of aromatic nitrogens is 4. The van der Waals surface area contributed by atoms with Crippen LogP contribution in [0, 0.1) is 0 Å². The van der Waals surface area contributed by atoms with Crippen LogP contribution in [0.1, 0.15) is 88.6 Å². The predicted molar refractivity (Wildman–Crippen MR) is 228 cm³/mol. The zero-order valence-corrected chi connectivity index (χ0v) is 34.8. The van der Waals surface area contributed by atoms with Crippen LogP contribution in [0.3, 0.4) is 0 Å². The Morgan fingerprint density at radius 1 is 0.738 bits per heavy atom. The van der Waals surface area contributed by atoms with Gasteiger partial charge in [0.15, 0.2) is 0 Å². The Morgan fingerprint density at radius 2 is 1.46 bits per heavy atom. The molecule has 5 fully saturated rings. The monoisotopic (exact) mass is 828 g/mol. The van der Waals surface area contributed by atoms with Gasteiger partial charge in [-0.2, -0.15) is 4.98 Å². The third-order valence-electron chi connectivity index (χ3n) is 13.7. The largest absolute Gasteiger partial charge is 0.368 e. The molecule has 4 aromatic rings. The number of hydrogen-bond acceptors (Lipinski definition) is 13. The molecule has 1 aliphatic carbocycles. The highest BCUT2D eigenvalue weighted by molar-refractivity contribution is 6.23. The number of carbonyl (C=O) groups excluding carboxylic acids is 5. The van der Waals surface area contributed by atoms with E-state index in [0.29, 0.717) is 40.7 Å². The van der Waals surface area contributed by atoms with E-state index in [-0.39, 0.29) is 30.7 Å². The predicted octanol–water partition coefficient (Wildman–Crippen LogP) is 3.26. The number of likely N-dealkylation sites (tertiary alicyclic amines) is 1. The molecule has 0 radical (unpaired) electrons. The number of piperidine rings is 2. The number of nitrogens with one attached hydrogen (secondary N) is 2. The van der Waals surface area contributed by atoms with Crippen molar-refractivity contribution in [2.75, 3.05) is 81.6 Å². The SMILES string of the molecule is CN(C)C(=O)c1cc2cnc(Nc3ccc(N4CCN(C5CCN(C6CN(c7ccc8c(c7)C(=O)N(C7CCC(=O)NC7=O)C8=O)C6)CC5)CC4)cn3)nc2n1C1CCCC1. The average Bonchev–Trinajstić information content (AvgIpc) is 3.98. The van der Waals surface area contributed by atoms with E-state index in [2.05, 4.69) is 45.9 Å². The summed E-state index contributed by atoms with van der Waals surface area (Å²) in [5.41, 5.74) is 4.06. The molecule has 17 heteroatoms. The number of pyridine rings is 1. The van der Waals surface area contributed by atoms with Crippen molar-refractivity contribution >= 4 is 63.7 Å². The van der Waals surface area contributed by atoms with Gasteiger partial charge in [0.2, 0.25) is 17.8 Å². The fourth-order valence-electron chi connectivity index (χ4n) is 10.3. The summed E-state index contributed by atoms with van der Waals surface area (Å²) in [5, 5.41) is 6.40. The molecule has 0 spiro atoms. The second-order valence-electron chi connectivity index (χ2n) is 17.6. The van der Waals surface area contributed by atoms with Crippen molar-refractivity contribution in [3.05, 3.63) is 65.6 Å². The minimum absolute atomic E-state index is 0.0269. The van der Waals surface area contributed by atoms with Crippen molar-refractivity contribution in [3.8, 4) is 0 Å². The van der Waals surface area contributed by atoms with Crippen LogP contribution in [0.25, 0.3) is 11.0 Å². The summed E-state index contributed by atoms with van der Waals surface area (Å²) in [6, 6.07) is 11.7. The van der Waals surface area contributed by atoms with E-state index < -0.39 is 23.8 Å². The molecule has 61 heavy (non-hydrogen) atoms. The maximum atomic E-state index is 13.3. The first-order valence-electron chi connectivity index (χ1n) is 21.8. The molecule has 3 aromatic heterocycles. The molecule has 8 heterocycles. The molecule has 10 rings (SSSR count). The maximum Gasteiger partial charge on any atom is 0.270 e. The van der Waals surface area contributed by atoms with Gasteiger partial charge in [-0.1, -0.05) is 12.8 Å².